The lowest BCUT2D eigenvalue weighted by Gasteiger charge is -2.10. The molecule has 16 heavy (non-hydrogen) atoms. The van der Waals surface area contributed by atoms with Crippen molar-refractivity contribution < 1.29 is 13.2 Å². The van der Waals surface area contributed by atoms with Crippen LogP contribution in [0.15, 0.2) is 35.3 Å². The number of pyridine rings is 1. The van der Waals surface area contributed by atoms with E-state index in [-0.39, 0.29) is 5.39 Å². The van der Waals surface area contributed by atoms with Gasteiger partial charge in [0.2, 0.25) is 0 Å². The molecule has 1 aromatic heterocycles. The van der Waals surface area contributed by atoms with Crippen molar-refractivity contribution in [2.24, 2.45) is 7.05 Å². The molecule has 2 aromatic rings. The van der Waals surface area contributed by atoms with E-state index in [1.165, 1.54) is 31.4 Å². The van der Waals surface area contributed by atoms with Gasteiger partial charge in [0.15, 0.2) is 0 Å². The lowest BCUT2D eigenvalue weighted by Crippen LogP contribution is -2.19. The Morgan fingerprint density at radius 1 is 1.19 bits per heavy atom. The van der Waals surface area contributed by atoms with Crippen LogP contribution in [0.2, 0.25) is 0 Å². The van der Waals surface area contributed by atoms with E-state index in [0.717, 1.165) is 10.6 Å². The maximum Gasteiger partial charge on any atom is 0.417 e. The van der Waals surface area contributed by atoms with Gasteiger partial charge >= 0.3 is 6.18 Å². The molecule has 0 unspecified atom stereocenters. The first-order valence-electron chi connectivity index (χ1n) is 4.57. The van der Waals surface area contributed by atoms with E-state index < -0.39 is 17.3 Å². The summed E-state index contributed by atoms with van der Waals surface area (Å²) in [4.78, 5) is 11.7. The normalized spacial score (nSPS) is 12.0. The summed E-state index contributed by atoms with van der Waals surface area (Å²) in [5.41, 5.74) is -1.52. The molecule has 2 rings (SSSR count). The van der Waals surface area contributed by atoms with Crippen LogP contribution < -0.4 is 5.56 Å². The van der Waals surface area contributed by atoms with Crippen molar-refractivity contribution in [2.75, 3.05) is 0 Å². The Kier molecular flexibility index (Phi) is 2.26. The molecule has 0 aliphatic heterocycles. The molecule has 5 heteroatoms. The summed E-state index contributed by atoms with van der Waals surface area (Å²) in [6.07, 6.45) is -3.06. The number of hydrogen-bond donors (Lipinski definition) is 0. The Labute approximate surface area is 88.9 Å². The number of alkyl halides is 3. The fourth-order valence-corrected chi connectivity index (χ4v) is 1.62. The van der Waals surface area contributed by atoms with Gasteiger partial charge in [-0.25, -0.2) is 0 Å². The van der Waals surface area contributed by atoms with Crippen molar-refractivity contribution in [3.05, 3.63) is 46.4 Å². The molecule has 0 bridgehead atoms. The number of benzene rings is 1. The van der Waals surface area contributed by atoms with Gasteiger partial charge in [-0.15, -0.1) is 0 Å². The summed E-state index contributed by atoms with van der Waals surface area (Å²) in [5.74, 6) is 0. The number of halogens is 3. The van der Waals surface area contributed by atoms with E-state index in [1.807, 2.05) is 0 Å². The van der Waals surface area contributed by atoms with Crippen LogP contribution >= 0.6 is 0 Å². The molecule has 0 amide bonds. The van der Waals surface area contributed by atoms with Crippen molar-refractivity contribution >= 4 is 10.8 Å². The van der Waals surface area contributed by atoms with E-state index in [0.29, 0.717) is 5.39 Å². The standard InChI is InChI=1S/C11H8F3NO/c1-15-6-5-7-3-2-4-8(11(12,13)14)9(7)10(15)16/h2-6H,1H3. The predicted octanol–water partition coefficient (Wildman–Crippen LogP) is 2.56. The van der Waals surface area contributed by atoms with Gasteiger partial charge in [0, 0.05) is 13.2 Å². The molecule has 0 N–H and O–H groups in total. The van der Waals surface area contributed by atoms with Crippen LogP contribution in [0.4, 0.5) is 13.2 Å². The third-order valence-electron chi connectivity index (χ3n) is 2.41. The molecule has 0 saturated carbocycles. The molecule has 2 nitrogen and oxygen atoms in total. The van der Waals surface area contributed by atoms with Crippen LogP contribution in [0.25, 0.3) is 10.8 Å². The summed E-state index contributed by atoms with van der Waals surface area (Å²) in [6.45, 7) is 0. The topological polar surface area (TPSA) is 22.0 Å². The van der Waals surface area contributed by atoms with Crippen molar-refractivity contribution in [1.29, 1.82) is 0 Å². The number of aryl methyl sites for hydroxylation is 1. The molecule has 84 valence electrons. The highest BCUT2D eigenvalue weighted by Crippen LogP contribution is 2.32. The maximum atomic E-state index is 12.7. The Bertz CT molecular complexity index is 598. The molecular formula is C11H8F3NO. The number of nitrogens with zero attached hydrogens (tertiary/aromatic N) is 1. The second-order valence-electron chi connectivity index (χ2n) is 3.50. The first-order chi connectivity index (χ1) is 7.41. The van der Waals surface area contributed by atoms with Crippen LogP contribution in [0.1, 0.15) is 5.56 Å². The fraction of sp³-hybridized carbons (Fsp3) is 0.182. The third-order valence-corrected chi connectivity index (χ3v) is 2.41. The Hall–Kier alpha value is -1.78. The highest BCUT2D eigenvalue weighted by atomic mass is 19.4. The van der Waals surface area contributed by atoms with Crippen molar-refractivity contribution in [3.63, 3.8) is 0 Å². The van der Waals surface area contributed by atoms with Crippen LogP contribution in [0, 0.1) is 0 Å². The smallest absolute Gasteiger partial charge is 0.318 e. The molecule has 0 fully saturated rings. The highest BCUT2D eigenvalue weighted by Gasteiger charge is 2.33. The average molecular weight is 227 g/mol. The first kappa shape index (κ1) is 10.7. The van der Waals surface area contributed by atoms with Gasteiger partial charge in [0.25, 0.3) is 5.56 Å². The summed E-state index contributed by atoms with van der Waals surface area (Å²) >= 11 is 0. The minimum Gasteiger partial charge on any atom is -0.318 e. The van der Waals surface area contributed by atoms with Gasteiger partial charge in [-0.2, -0.15) is 13.2 Å². The number of rotatable bonds is 0. The molecule has 1 aromatic carbocycles. The van der Waals surface area contributed by atoms with Crippen molar-refractivity contribution in [1.82, 2.24) is 4.57 Å². The SMILES string of the molecule is Cn1ccc2cccc(C(F)(F)F)c2c1=O. The van der Waals surface area contributed by atoms with Crippen LogP contribution in [0.5, 0.6) is 0 Å². The van der Waals surface area contributed by atoms with Crippen molar-refractivity contribution in [2.45, 2.75) is 6.18 Å². The molecule has 0 atom stereocenters. The molecule has 0 radical (unpaired) electrons. The molecule has 1 heterocycles. The zero-order chi connectivity index (χ0) is 11.9. The molecule has 0 spiro atoms. The molecule has 0 aliphatic carbocycles. The maximum absolute atomic E-state index is 12.7. The lowest BCUT2D eigenvalue weighted by molar-refractivity contribution is -0.136. The zero-order valence-corrected chi connectivity index (χ0v) is 8.38. The predicted molar refractivity (Wildman–Crippen MR) is 54.2 cm³/mol. The number of aromatic nitrogens is 1. The first-order valence-corrected chi connectivity index (χ1v) is 4.57. The summed E-state index contributed by atoms with van der Waals surface area (Å²) < 4.78 is 39.2. The molecule has 0 aliphatic rings. The summed E-state index contributed by atoms with van der Waals surface area (Å²) in [7, 11) is 1.43. The van der Waals surface area contributed by atoms with Gasteiger partial charge in [-0.05, 0) is 17.5 Å². The highest BCUT2D eigenvalue weighted by molar-refractivity contribution is 5.85. The van der Waals surface area contributed by atoms with E-state index in [1.54, 1.807) is 0 Å². The average Bonchev–Trinajstić information content (AvgIpc) is 2.21. The van der Waals surface area contributed by atoms with Gasteiger partial charge < -0.3 is 4.57 Å². The fourth-order valence-electron chi connectivity index (χ4n) is 1.62. The Morgan fingerprint density at radius 2 is 1.88 bits per heavy atom. The number of hydrogen-bond acceptors (Lipinski definition) is 1. The summed E-state index contributed by atoms with van der Waals surface area (Å²) in [6, 6.07) is 5.20. The Morgan fingerprint density at radius 3 is 2.50 bits per heavy atom. The largest absolute Gasteiger partial charge is 0.417 e. The van der Waals surface area contributed by atoms with E-state index in [9.17, 15) is 18.0 Å². The molecular weight excluding hydrogens is 219 g/mol. The van der Waals surface area contributed by atoms with Crippen LogP contribution in [-0.2, 0) is 13.2 Å². The van der Waals surface area contributed by atoms with E-state index in [2.05, 4.69) is 0 Å². The second-order valence-corrected chi connectivity index (χ2v) is 3.50. The minimum absolute atomic E-state index is 0.278. The monoisotopic (exact) mass is 227 g/mol. The van der Waals surface area contributed by atoms with Gasteiger partial charge in [0.05, 0.1) is 10.9 Å². The number of fused-ring (bicyclic) bond motifs is 1. The third kappa shape index (κ3) is 1.58. The quantitative estimate of drug-likeness (QED) is 0.678. The van der Waals surface area contributed by atoms with Crippen LogP contribution in [0.3, 0.4) is 0 Å². The van der Waals surface area contributed by atoms with Crippen LogP contribution in [-0.4, -0.2) is 4.57 Å². The molecule has 0 saturated heterocycles. The van der Waals surface area contributed by atoms with E-state index >= 15 is 0 Å². The zero-order valence-electron chi connectivity index (χ0n) is 8.38. The summed E-state index contributed by atoms with van der Waals surface area (Å²) in [5, 5.41) is 0.0259. The Balaban J connectivity index is 2.97. The van der Waals surface area contributed by atoms with Gasteiger partial charge in [0.1, 0.15) is 0 Å². The minimum atomic E-state index is -4.51. The lowest BCUT2D eigenvalue weighted by atomic mass is 10.1. The van der Waals surface area contributed by atoms with Gasteiger partial charge in [-0.1, -0.05) is 12.1 Å². The second kappa shape index (κ2) is 3.37. The van der Waals surface area contributed by atoms with Gasteiger partial charge in [-0.3, -0.25) is 4.79 Å². The van der Waals surface area contributed by atoms with Crippen molar-refractivity contribution in [3.8, 4) is 0 Å². The van der Waals surface area contributed by atoms with E-state index in [4.69, 9.17) is 0 Å².